The molecule has 0 bridgehead atoms. The number of carbonyl (C=O) groups is 1. The molecule has 1 amide bonds. The Balaban J connectivity index is 1.71. The molecule has 2 aromatic rings. The molecule has 0 unspecified atom stereocenters. The van der Waals surface area contributed by atoms with Gasteiger partial charge in [0, 0.05) is 38.4 Å². The van der Waals surface area contributed by atoms with Crippen molar-refractivity contribution >= 4 is 15.9 Å². The number of imidazole rings is 1. The lowest BCUT2D eigenvalue weighted by Gasteiger charge is -2.19. The van der Waals surface area contributed by atoms with Gasteiger partial charge in [-0.1, -0.05) is 0 Å². The third kappa shape index (κ3) is 3.62. The molecule has 2 N–H and O–H groups in total. The van der Waals surface area contributed by atoms with Crippen molar-refractivity contribution in [2.75, 3.05) is 19.3 Å². The first-order chi connectivity index (χ1) is 10.9. The van der Waals surface area contributed by atoms with Gasteiger partial charge in [0.25, 0.3) is 5.91 Å². The summed E-state index contributed by atoms with van der Waals surface area (Å²) in [6.07, 6.45) is 5.19. The Hall–Kier alpha value is -2.13. The van der Waals surface area contributed by atoms with Gasteiger partial charge in [-0.15, -0.1) is 0 Å². The summed E-state index contributed by atoms with van der Waals surface area (Å²) in [5.41, 5.74) is 1.38. The Morgan fingerprint density at radius 1 is 1.39 bits per heavy atom. The van der Waals surface area contributed by atoms with Crippen LogP contribution in [0.2, 0.25) is 0 Å². The maximum Gasteiger partial charge on any atom is 0.270 e. The number of rotatable bonds is 4. The third-order valence-electron chi connectivity index (χ3n) is 3.85. The summed E-state index contributed by atoms with van der Waals surface area (Å²) in [4.78, 5) is 21.5. The van der Waals surface area contributed by atoms with Crippen LogP contribution in [-0.2, 0) is 29.5 Å². The molecule has 0 aliphatic carbocycles. The van der Waals surface area contributed by atoms with E-state index in [2.05, 4.69) is 14.7 Å². The number of aromatic nitrogens is 3. The molecule has 23 heavy (non-hydrogen) atoms. The van der Waals surface area contributed by atoms with Crippen LogP contribution in [0.15, 0.2) is 24.5 Å². The summed E-state index contributed by atoms with van der Waals surface area (Å²) < 4.78 is 26.9. The highest BCUT2D eigenvalue weighted by atomic mass is 32.2. The molecule has 0 atom stereocenters. The third-order valence-corrected chi connectivity index (χ3v) is 4.52. The second-order valence-electron chi connectivity index (χ2n) is 5.54. The van der Waals surface area contributed by atoms with Gasteiger partial charge in [0.1, 0.15) is 11.5 Å². The molecule has 2 aromatic heterocycles. The van der Waals surface area contributed by atoms with Gasteiger partial charge in [0.05, 0.1) is 18.5 Å². The fourth-order valence-corrected chi connectivity index (χ4v) is 3.09. The van der Waals surface area contributed by atoms with Crippen molar-refractivity contribution in [2.45, 2.75) is 19.5 Å². The number of sulfonamides is 1. The summed E-state index contributed by atoms with van der Waals surface area (Å²) in [5.74, 6) is 0.841. The molecular weight excluding hydrogens is 318 g/mol. The number of hydrogen-bond donors (Lipinski definition) is 2. The molecule has 9 heteroatoms. The summed E-state index contributed by atoms with van der Waals surface area (Å²) in [7, 11) is -3.25. The van der Waals surface area contributed by atoms with E-state index in [4.69, 9.17) is 0 Å². The second kappa shape index (κ2) is 6.17. The molecule has 0 fully saturated rings. The lowest BCUT2D eigenvalue weighted by molar-refractivity contribution is 0.0753. The quantitative estimate of drug-likeness (QED) is 0.817. The van der Waals surface area contributed by atoms with E-state index in [0.717, 1.165) is 17.8 Å². The number of aromatic amines is 1. The Labute approximate surface area is 134 Å². The first kappa shape index (κ1) is 15.8. The van der Waals surface area contributed by atoms with E-state index < -0.39 is 10.0 Å². The van der Waals surface area contributed by atoms with E-state index in [9.17, 15) is 13.2 Å². The van der Waals surface area contributed by atoms with Gasteiger partial charge in [-0.25, -0.2) is 18.1 Å². The van der Waals surface area contributed by atoms with Crippen molar-refractivity contribution in [3.8, 4) is 0 Å². The van der Waals surface area contributed by atoms with Crippen LogP contribution >= 0.6 is 0 Å². The lowest BCUT2D eigenvalue weighted by Crippen LogP contribution is -2.34. The zero-order valence-electron chi connectivity index (χ0n) is 12.8. The highest BCUT2D eigenvalue weighted by Crippen LogP contribution is 2.13. The van der Waals surface area contributed by atoms with E-state index in [1.54, 1.807) is 29.4 Å². The molecule has 8 nitrogen and oxygen atoms in total. The van der Waals surface area contributed by atoms with Crippen LogP contribution in [0.1, 0.15) is 22.0 Å². The smallest absolute Gasteiger partial charge is 0.270 e. The highest BCUT2D eigenvalue weighted by molar-refractivity contribution is 7.88. The molecule has 3 rings (SSSR count). The Kier molecular flexibility index (Phi) is 4.22. The van der Waals surface area contributed by atoms with E-state index in [-0.39, 0.29) is 12.5 Å². The maximum atomic E-state index is 12.4. The zero-order valence-corrected chi connectivity index (χ0v) is 13.6. The standard InChI is InChI=1S/C14H19N5O3S/c1-23(21,22)17-10-11-9-16-13-4-6-18(7-8-19(11)13)14(20)12-3-2-5-15-12/h2-3,5,9,15,17H,4,6-8,10H2,1H3. The summed E-state index contributed by atoms with van der Waals surface area (Å²) in [6.45, 7) is 1.96. The van der Waals surface area contributed by atoms with Crippen LogP contribution in [0.25, 0.3) is 0 Å². The van der Waals surface area contributed by atoms with E-state index >= 15 is 0 Å². The fraction of sp³-hybridized carbons (Fsp3) is 0.429. The van der Waals surface area contributed by atoms with Crippen molar-refractivity contribution in [1.29, 1.82) is 0 Å². The Morgan fingerprint density at radius 3 is 2.91 bits per heavy atom. The number of carbonyl (C=O) groups excluding carboxylic acids is 1. The van der Waals surface area contributed by atoms with Gasteiger partial charge in [-0.05, 0) is 12.1 Å². The monoisotopic (exact) mass is 337 g/mol. The first-order valence-electron chi connectivity index (χ1n) is 7.34. The largest absolute Gasteiger partial charge is 0.357 e. The predicted molar refractivity (Wildman–Crippen MR) is 84.3 cm³/mol. The van der Waals surface area contributed by atoms with Gasteiger partial charge in [-0.2, -0.15) is 0 Å². The second-order valence-corrected chi connectivity index (χ2v) is 7.37. The molecule has 1 aliphatic rings. The topological polar surface area (TPSA) is 100 Å². The minimum Gasteiger partial charge on any atom is -0.357 e. The zero-order chi connectivity index (χ0) is 16.4. The van der Waals surface area contributed by atoms with Crippen molar-refractivity contribution in [2.24, 2.45) is 0 Å². The number of fused-ring (bicyclic) bond motifs is 1. The summed E-state index contributed by atoms with van der Waals surface area (Å²) in [6, 6.07) is 3.55. The van der Waals surface area contributed by atoms with Gasteiger partial charge in [0.15, 0.2) is 0 Å². The minimum atomic E-state index is -3.25. The van der Waals surface area contributed by atoms with E-state index in [1.807, 2.05) is 4.57 Å². The fourth-order valence-electron chi connectivity index (χ4n) is 2.68. The van der Waals surface area contributed by atoms with Gasteiger partial charge in [-0.3, -0.25) is 4.79 Å². The van der Waals surface area contributed by atoms with Crippen molar-refractivity contribution < 1.29 is 13.2 Å². The average molecular weight is 337 g/mol. The number of H-pyrrole nitrogens is 1. The van der Waals surface area contributed by atoms with Crippen LogP contribution in [-0.4, -0.2) is 53.1 Å². The van der Waals surface area contributed by atoms with Crippen molar-refractivity contribution in [3.05, 3.63) is 41.7 Å². The van der Waals surface area contributed by atoms with E-state index in [0.29, 0.717) is 31.7 Å². The molecule has 0 spiro atoms. The van der Waals surface area contributed by atoms with Crippen LogP contribution < -0.4 is 4.72 Å². The SMILES string of the molecule is CS(=O)(=O)NCc1cnc2n1CCN(C(=O)c1ccc[nH]1)CC2. The molecule has 0 aromatic carbocycles. The summed E-state index contributed by atoms with van der Waals surface area (Å²) >= 11 is 0. The molecule has 0 radical (unpaired) electrons. The van der Waals surface area contributed by atoms with Gasteiger partial charge in [0.2, 0.25) is 10.0 Å². The van der Waals surface area contributed by atoms with Crippen molar-refractivity contribution in [3.63, 3.8) is 0 Å². The number of nitrogens with one attached hydrogen (secondary N) is 2. The molecule has 3 heterocycles. The van der Waals surface area contributed by atoms with Crippen LogP contribution in [0.3, 0.4) is 0 Å². The van der Waals surface area contributed by atoms with Crippen LogP contribution in [0.5, 0.6) is 0 Å². The molecule has 1 aliphatic heterocycles. The molecule has 124 valence electrons. The number of amides is 1. The van der Waals surface area contributed by atoms with Crippen LogP contribution in [0, 0.1) is 0 Å². The van der Waals surface area contributed by atoms with Crippen LogP contribution in [0.4, 0.5) is 0 Å². The summed E-state index contributed by atoms with van der Waals surface area (Å²) in [5, 5.41) is 0. The highest BCUT2D eigenvalue weighted by Gasteiger charge is 2.22. The first-order valence-corrected chi connectivity index (χ1v) is 9.24. The Morgan fingerprint density at radius 2 is 2.22 bits per heavy atom. The number of hydrogen-bond acceptors (Lipinski definition) is 4. The maximum absolute atomic E-state index is 12.4. The van der Waals surface area contributed by atoms with E-state index in [1.165, 1.54) is 0 Å². The van der Waals surface area contributed by atoms with Gasteiger partial charge >= 0.3 is 0 Å². The normalized spacial score (nSPS) is 15.3. The molecular formula is C14H19N5O3S. The molecule has 0 saturated carbocycles. The number of nitrogens with zero attached hydrogens (tertiary/aromatic N) is 3. The van der Waals surface area contributed by atoms with Gasteiger partial charge < -0.3 is 14.5 Å². The lowest BCUT2D eigenvalue weighted by atomic mass is 10.3. The Bertz CT molecular complexity index is 794. The average Bonchev–Trinajstić information content (AvgIpc) is 3.10. The predicted octanol–water partition coefficient (Wildman–Crippen LogP) is -0.0411. The minimum absolute atomic E-state index is 0.0310. The molecule has 0 saturated heterocycles. The van der Waals surface area contributed by atoms with Crippen molar-refractivity contribution in [1.82, 2.24) is 24.2 Å².